The normalized spacial score (nSPS) is 22.8. The predicted molar refractivity (Wildman–Crippen MR) is 126 cm³/mol. The zero-order valence-corrected chi connectivity index (χ0v) is 19.3. The molecule has 1 amide bonds. The molecule has 2 saturated heterocycles. The third-order valence-electron chi connectivity index (χ3n) is 6.77. The van der Waals surface area contributed by atoms with E-state index < -0.39 is 6.09 Å². The maximum absolute atomic E-state index is 12.6. The second kappa shape index (κ2) is 10.3. The Morgan fingerprint density at radius 2 is 1.75 bits per heavy atom. The van der Waals surface area contributed by atoms with Crippen LogP contribution in [0.25, 0.3) is 0 Å². The maximum Gasteiger partial charge on any atom is 0.412 e. The maximum atomic E-state index is 12.6. The summed E-state index contributed by atoms with van der Waals surface area (Å²) in [5.74, 6) is 1.53. The van der Waals surface area contributed by atoms with E-state index in [-0.39, 0.29) is 6.10 Å². The van der Waals surface area contributed by atoms with Crippen LogP contribution in [0.15, 0.2) is 42.5 Å². The first kappa shape index (κ1) is 22.5. The SMILES string of the molecule is COc1ccc(CCN2C3CCCC2CC(OC(=O)Nc2cc(C)ccc2OC)C3)cc1. The lowest BCUT2D eigenvalue weighted by Crippen LogP contribution is -2.54. The standard InChI is InChI=1S/C26H34N2O4/c1-18-7-12-25(31-3)24(15-18)27-26(29)32-23-16-20-5-4-6-21(17-23)28(20)14-13-19-8-10-22(30-2)11-9-19/h7-12,15,20-21,23H,4-6,13-14,16-17H2,1-3H3,(H,27,29). The molecular formula is C26H34N2O4. The van der Waals surface area contributed by atoms with Crippen molar-refractivity contribution in [2.75, 3.05) is 26.1 Å². The molecule has 0 spiro atoms. The molecule has 2 aromatic carbocycles. The Balaban J connectivity index is 1.32. The highest BCUT2D eigenvalue weighted by atomic mass is 16.6. The number of piperidine rings is 2. The molecule has 0 aromatic heterocycles. The van der Waals surface area contributed by atoms with Crippen molar-refractivity contribution >= 4 is 11.8 Å². The first-order chi connectivity index (χ1) is 15.6. The summed E-state index contributed by atoms with van der Waals surface area (Å²) in [6.45, 7) is 3.03. The van der Waals surface area contributed by atoms with Gasteiger partial charge in [-0.05, 0) is 61.6 Å². The fourth-order valence-corrected chi connectivity index (χ4v) is 5.15. The van der Waals surface area contributed by atoms with E-state index in [0.717, 1.165) is 37.1 Å². The molecule has 32 heavy (non-hydrogen) atoms. The predicted octanol–water partition coefficient (Wildman–Crippen LogP) is 5.19. The molecule has 1 N–H and O–H groups in total. The van der Waals surface area contributed by atoms with E-state index in [9.17, 15) is 4.79 Å². The Kier molecular flexibility index (Phi) is 7.20. The van der Waals surface area contributed by atoms with Crippen molar-refractivity contribution in [2.45, 2.75) is 63.6 Å². The minimum atomic E-state index is -0.399. The molecule has 2 aromatic rings. The number of methoxy groups -OCH3 is 2. The van der Waals surface area contributed by atoms with Gasteiger partial charge in [-0.1, -0.05) is 24.6 Å². The van der Waals surface area contributed by atoms with Crippen molar-refractivity contribution in [2.24, 2.45) is 0 Å². The van der Waals surface area contributed by atoms with Gasteiger partial charge < -0.3 is 14.2 Å². The van der Waals surface area contributed by atoms with Crippen LogP contribution in [0, 0.1) is 6.92 Å². The molecule has 2 aliphatic heterocycles. The molecule has 2 heterocycles. The summed E-state index contributed by atoms with van der Waals surface area (Å²) in [6, 6.07) is 15.0. The van der Waals surface area contributed by atoms with Crippen LogP contribution in [0.1, 0.15) is 43.2 Å². The largest absolute Gasteiger partial charge is 0.497 e. The third kappa shape index (κ3) is 5.36. The summed E-state index contributed by atoms with van der Waals surface area (Å²) in [7, 11) is 3.30. The van der Waals surface area contributed by atoms with Crippen LogP contribution >= 0.6 is 0 Å². The number of fused-ring (bicyclic) bond motifs is 2. The van der Waals surface area contributed by atoms with Crippen LogP contribution < -0.4 is 14.8 Å². The van der Waals surface area contributed by atoms with Crippen LogP contribution in [0.5, 0.6) is 11.5 Å². The van der Waals surface area contributed by atoms with Crippen molar-refractivity contribution < 1.29 is 19.0 Å². The first-order valence-electron chi connectivity index (χ1n) is 11.6. The van der Waals surface area contributed by atoms with Gasteiger partial charge in [0.1, 0.15) is 17.6 Å². The van der Waals surface area contributed by atoms with E-state index >= 15 is 0 Å². The highest BCUT2D eigenvalue weighted by molar-refractivity contribution is 5.87. The van der Waals surface area contributed by atoms with Gasteiger partial charge in [0, 0.05) is 31.5 Å². The van der Waals surface area contributed by atoms with Crippen molar-refractivity contribution in [3.8, 4) is 11.5 Å². The van der Waals surface area contributed by atoms with Gasteiger partial charge in [-0.15, -0.1) is 0 Å². The minimum Gasteiger partial charge on any atom is -0.497 e. The summed E-state index contributed by atoms with van der Waals surface area (Å²) in [4.78, 5) is 15.3. The van der Waals surface area contributed by atoms with Crippen LogP contribution in [0.3, 0.4) is 0 Å². The average Bonchev–Trinajstić information content (AvgIpc) is 2.78. The van der Waals surface area contributed by atoms with Gasteiger partial charge in [-0.3, -0.25) is 10.2 Å². The minimum absolute atomic E-state index is 0.0432. The molecule has 2 bridgehead atoms. The molecule has 2 atom stereocenters. The number of rotatable bonds is 7. The number of nitrogens with one attached hydrogen (secondary N) is 1. The number of amides is 1. The van der Waals surface area contributed by atoms with E-state index in [0.29, 0.717) is 23.5 Å². The van der Waals surface area contributed by atoms with Gasteiger partial charge in [0.25, 0.3) is 0 Å². The summed E-state index contributed by atoms with van der Waals surface area (Å²) >= 11 is 0. The van der Waals surface area contributed by atoms with E-state index in [2.05, 4.69) is 22.3 Å². The molecule has 172 valence electrons. The number of benzene rings is 2. The van der Waals surface area contributed by atoms with Crippen LogP contribution in [0.2, 0.25) is 0 Å². The highest BCUT2D eigenvalue weighted by Gasteiger charge is 2.39. The lowest BCUT2D eigenvalue weighted by atomic mass is 9.82. The molecule has 6 heteroatoms. The van der Waals surface area contributed by atoms with Crippen molar-refractivity contribution in [3.63, 3.8) is 0 Å². The summed E-state index contributed by atoms with van der Waals surface area (Å²) in [5, 5.41) is 2.87. The van der Waals surface area contributed by atoms with E-state index in [1.54, 1.807) is 14.2 Å². The molecule has 0 saturated carbocycles. The Hall–Kier alpha value is -2.73. The first-order valence-corrected chi connectivity index (χ1v) is 11.6. The number of carbonyl (C=O) groups is 1. The Bertz CT molecular complexity index is 901. The molecule has 0 aliphatic carbocycles. The average molecular weight is 439 g/mol. The van der Waals surface area contributed by atoms with Crippen molar-refractivity contribution in [1.29, 1.82) is 0 Å². The molecule has 6 nitrogen and oxygen atoms in total. The zero-order valence-electron chi connectivity index (χ0n) is 19.3. The van der Waals surface area contributed by atoms with Gasteiger partial charge in [0.2, 0.25) is 0 Å². The summed E-state index contributed by atoms with van der Waals surface area (Å²) < 4.78 is 16.5. The third-order valence-corrected chi connectivity index (χ3v) is 6.77. The van der Waals surface area contributed by atoms with E-state index in [1.807, 2.05) is 37.3 Å². The number of aryl methyl sites for hydroxylation is 1. The fourth-order valence-electron chi connectivity index (χ4n) is 5.15. The number of carbonyl (C=O) groups excluding carboxylic acids is 1. The van der Waals surface area contributed by atoms with Gasteiger partial charge >= 0.3 is 6.09 Å². The Morgan fingerprint density at radius 1 is 1.03 bits per heavy atom. The molecule has 2 fully saturated rings. The number of anilines is 1. The number of ether oxygens (including phenoxy) is 3. The number of hydrogen-bond acceptors (Lipinski definition) is 5. The van der Waals surface area contributed by atoms with Gasteiger partial charge in [-0.25, -0.2) is 4.79 Å². The quantitative estimate of drug-likeness (QED) is 0.645. The van der Waals surface area contributed by atoms with Crippen LogP contribution in [-0.2, 0) is 11.2 Å². The topological polar surface area (TPSA) is 60.0 Å². The van der Waals surface area contributed by atoms with Crippen molar-refractivity contribution in [1.82, 2.24) is 4.90 Å². The molecule has 0 radical (unpaired) electrons. The molecule has 2 unspecified atom stereocenters. The van der Waals surface area contributed by atoms with Crippen LogP contribution in [-0.4, -0.2) is 49.9 Å². The second-order valence-electron chi connectivity index (χ2n) is 8.90. The smallest absolute Gasteiger partial charge is 0.412 e. The Labute approximate surface area is 190 Å². The Morgan fingerprint density at radius 3 is 2.41 bits per heavy atom. The van der Waals surface area contributed by atoms with Gasteiger partial charge in [0.05, 0.1) is 19.9 Å². The van der Waals surface area contributed by atoms with Gasteiger partial charge in [0.15, 0.2) is 0 Å². The van der Waals surface area contributed by atoms with Crippen molar-refractivity contribution in [3.05, 3.63) is 53.6 Å². The summed E-state index contributed by atoms with van der Waals surface area (Å²) in [6.07, 6.45) is 5.99. The lowest BCUT2D eigenvalue weighted by Gasteiger charge is -2.48. The molecule has 4 rings (SSSR count). The molecule has 2 aliphatic rings. The monoisotopic (exact) mass is 438 g/mol. The highest BCUT2D eigenvalue weighted by Crippen LogP contribution is 2.36. The number of nitrogens with zero attached hydrogens (tertiary/aromatic N) is 1. The van der Waals surface area contributed by atoms with E-state index in [1.165, 1.54) is 24.8 Å². The summed E-state index contributed by atoms with van der Waals surface area (Å²) in [5.41, 5.74) is 3.03. The van der Waals surface area contributed by atoms with E-state index in [4.69, 9.17) is 14.2 Å². The zero-order chi connectivity index (χ0) is 22.5. The second-order valence-corrected chi connectivity index (χ2v) is 8.90. The fraction of sp³-hybridized carbons (Fsp3) is 0.500. The van der Waals surface area contributed by atoms with Gasteiger partial charge in [-0.2, -0.15) is 0 Å². The molecular weight excluding hydrogens is 404 g/mol. The van der Waals surface area contributed by atoms with Crippen LogP contribution in [0.4, 0.5) is 10.5 Å². The number of hydrogen-bond donors (Lipinski definition) is 1. The lowest BCUT2D eigenvalue weighted by molar-refractivity contribution is -0.0295.